The molecule has 1 heterocycles. The minimum absolute atomic E-state index is 0.0925. The van der Waals surface area contributed by atoms with E-state index >= 15 is 0 Å². The summed E-state index contributed by atoms with van der Waals surface area (Å²) in [4.78, 5) is 18.0. The number of aromatic nitrogens is 1. The van der Waals surface area contributed by atoms with Crippen molar-refractivity contribution in [2.24, 2.45) is 4.99 Å². The van der Waals surface area contributed by atoms with Gasteiger partial charge in [0.1, 0.15) is 0 Å². The number of methoxy groups -OCH3 is 2. The molecule has 0 atom stereocenters. The topological polar surface area (TPSA) is 99.4 Å². The number of hydrogen-bond acceptors (Lipinski definition) is 7. The summed E-state index contributed by atoms with van der Waals surface area (Å²) in [6, 6.07) is 13.7. The SMILES string of the molecule is CCOCCn1c(=NC(=O)c2ccc(S(=O)(=O)N(CCOC)CCOC)cc2)sc2ccccc21. The van der Waals surface area contributed by atoms with Crippen LogP contribution in [0.3, 0.4) is 0 Å². The number of nitrogens with zero attached hydrogens (tertiary/aromatic N) is 3. The summed E-state index contributed by atoms with van der Waals surface area (Å²) < 4.78 is 46.0. The maximum absolute atomic E-state index is 13.1. The van der Waals surface area contributed by atoms with Gasteiger partial charge in [-0.3, -0.25) is 4.79 Å². The lowest BCUT2D eigenvalue weighted by molar-refractivity contribution is 0.0996. The molecule has 2 aromatic carbocycles. The van der Waals surface area contributed by atoms with Gasteiger partial charge in [-0.2, -0.15) is 9.30 Å². The van der Waals surface area contributed by atoms with Crippen LogP contribution < -0.4 is 4.80 Å². The Bertz CT molecular complexity index is 1270. The number of fused-ring (bicyclic) bond motifs is 1. The molecule has 0 aliphatic rings. The molecular formula is C24H31N3O6S2. The smallest absolute Gasteiger partial charge is 0.279 e. The van der Waals surface area contributed by atoms with Crippen molar-refractivity contribution in [1.29, 1.82) is 0 Å². The predicted octanol–water partition coefficient (Wildman–Crippen LogP) is 2.76. The molecule has 190 valence electrons. The molecule has 9 nitrogen and oxygen atoms in total. The van der Waals surface area contributed by atoms with E-state index in [1.807, 2.05) is 35.8 Å². The van der Waals surface area contributed by atoms with Gasteiger partial charge in [-0.05, 0) is 43.3 Å². The van der Waals surface area contributed by atoms with Crippen LogP contribution in [0.15, 0.2) is 58.4 Å². The summed E-state index contributed by atoms with van der Waals surface area (Å²) in [5.41, 5.74) is 1.29. The average Bonchev–Trinajstić information content (AvgIpc) is 3.21. The zero-order valence-corrected chi connectivity index (χ0v) is 21.8. The van der Waals surface area contributed by atoms with Crippen molar-refractivity contribution in [2.45, 2.75) is 18.4 Å². The van der Waals surface area contributed by atoms with E-state index in [0.29, 0.717) is 30.1 Å². The number of benzene rings is 2. The second kappa shape index (κ2) is 13.1. The van der Waals surface area contributed by atoms with E-state index in [9.17, 15) is 13.2 Å². The van der Waals surface area contributed by atoms with Gasteiger partial charge in [0.15, 0.2) is 4.80 Å². The van der Waals surface area contributed by atoms with E-state index in [1.165, 1.54) is 54.1 Å². The predicted molar refractivity (Wildman–Crippen MR) is 135 cm³/mol. The van der Waals surface area contributed by atoms with Gasteiger partial charge in [-0.25, -0.2) is 8.42 Å². The molecule has 0 unspecified atom stereocenters. The highest BCUT2D eigenvalue weighted by Crippen LogP contribution is 2.19. The molecule has 11 heteroatoms. The Balaban J connectivity index is 1.87. The number of rotatable bonds is 13. The van der Waals surface area contributed by atoms with Gasteiger partial charge < -0.3 is 18.8 Å². The van der Waals surface area contributed by atoms with E-state index in [2.05, 4.69) is 4.99 Å². The van der Waals surface area contributed by atoms with Gasteiger partial charge in [0.25, 0.3) is 5.91 Å². The molecule has 0 aliphatic heterocycles. The van der Waals surface area contributed by atoms with Gasteiger partial charge >= 0.3 is 0 Å². The Morgan fingerprint density at radius 1 is 1.00 bits per heavy atom. The lowest BCUT2D eigenvalue weighted by Crippen LogP contribution is -2.36. The summed E-state index contributed by atoms with van der Waals surface area (Å²) in [5.74, 6) is -0.443. The monoisotopic (exact) mass is 521 g/mol. The lowest BCUT2D eigenvalue weighted by Gasteiger charge is -2.21. The zero-order chi connectivity index (χ0) is 25.3. The van der Waals surface area contributed by atoms with Crippen molar-refractivity contribution >= 4 is 37.5 Å². The summed E-state index contributed by atoms with van der Waals surface area (Å²) in [6.07, 6.45) is 0. The normalized spacial score (nSPS) is 12.6. The quantitative estimate of drug-likeness (QED) is 0.321. The second-order valence-corrected chi connectivity index (χ2v) is 10.5. The molecule has 0 aliphatic carbocycles. The molecule has 0 spiro atoms. The number of carbonyl (C=O) groups excluding carboxylic acids is 1. The summed E-state index contributed by atoms with van der Waals surface area (Å²) >= 11 is 1.43. The standard InChI is InChI=1S/C24H31N3O6S2/c1-4-33-18-15-27-21-7-5-6-8-22(21)34-24(27)25-23(28)19-9-11-20(12-10-19)35(29,30)26(13-16-31-2)14-17-32-3/h5-12H,4,13-18H2,1-3H3. The highest BCUT2D eigenvalue weighted by atomic mass is 32.2. The largest absolute Gasteiger partial charge is 0.383 e. The fourth-order valence-corrected chi connectivity index (χ4v) is 5.89. The molecule has 0 radical (unpaired) electrons. The van der Waals surface area contributed by atoms with E-state index in [0.717, 1.165) is 10.2 Å². The van der Waals surface area contributed by atoms with Crippen LogP contribution in [0, 0.1) is 0 Å². The van der Waals surface area contributed by atoms with E-state index < -0.39 is 15.9 Å². The number of sulfonamides is 1. The maximum atomic E-state index is 13.1. The molecule has 0 fully saturated rings. The molecule has 3 aromatic rings. The number of hydrogen-bond donors (Lipinski definition) is 0. The van der Waals surface area contributed by atoms with Crippen molar-refractivity contribution in [2.75, 3.05) is 53.7 Å². The van der Waals surface area contributed by atoms with Crippen molar-refractivity contribution in [1.82, 2.24) is 8.87 Å². The molecule has 0 bridgehead atoms. The molecule has 1 aromatic heterocycles. The number of ether oxygens (including phenoxy) is 3. The molecule has 35 heavy (non-hydrogen) atoms. The lowest BCUT2D eigenvalue weighted by atomic mass is 10.2. The van der Waals surface area contributed by atoms with Gasteiger partial charge in [-0.1, -0.05) is 23.5 Å². The maximum Gasteiger partial charge on any atom is 0.279 e. The van der Waals surface area contributed by atoms with Crippen LogP contribution >= 0.6 is 11.3 Å². The van der Waals surface area contributed by atoms with E-state index in [-0.39, 0.29) is 31.2 Å². The first-order valence-electron chi connectivity index (χ1n) is 11.3. The van der Waals surface area contributed by atoms with Crippen LogP contribution in [0.1, 0.15) is 17.3 Å². The third-order valence-corrected chi connectivity index (χ3v) is 8.25. The number of thiazole rings is 1. The average molecular weight is 522 g/mol. The van der Waals surface area contributed by atoms with Gasteiger partial charge in [0.05, 0.1) is 34.9 Å². The van der Waals surface area contributed by atoms with Crippen LogP contribution in [0.25, 0.3) is 10.2 Å². The van der Waals surface area contributed by atoms with Crippen LogP contribution in [-0.4, -0.2) is 76.9 Å². The fourth-order valence-electron chi connectivity index (χ4n) is 3.43. The Hall–Kier alpha value is -2.41. The first kappa shape index (κ1) is 27.2. The molecule has 0 saturated carbocycles. The Kier molecular flexibility index (Phi) is 10.1. The third kappa shape index (κ3) is 6.84. The molecular weight excluding hydrogens is 490 g/mol. The highest BCUT2D eigenvalue weighted by molar-refractivity contribution is 7.89. The van der Waals surface area contributed by atoms with Gasteiger partial charge in [0, 0.05) is 46.0 Å². The molecule has 3 rings (SSSR count). The number of amides is 1. The van der Waals surface area contributed by atoms with Crippen LogP contribution in [0.2, 0.25) is 0 Å². The second-order valence-electron chi connectivity index (χ2n) is 7.53. The van der Waals surface area contributed by atoms with Crippen molar-refractivity contribution < 1.29 is 27.4 Å². The van der Waals surface area contributed by atoms with Gasteiger partial charge in [-0.15, -0.1) is 0 Å². The van der Waals surface area contributed by atoms with Crippen molar-refractivity contribution in [3.05, 3.63) is 58.9 Å². The van der Waals surface area contributed by atoms with E-state index in [1.54, 1.807) is 0 Å². The Morgan fingerprint density at radius 2 is 1.66 bits per heavy atom. The minimum atomic E-state index is -3.77. The minimum Gasteiger partial charge on any atom is -0.383 e. The molecule has 0 N–H and O–H groups in total. The van der Waals surface area contributed by atoms with Crippen LogP contribution in [-0.2, 0) is 30.8 Å². The van der Waals surface area contributed by atoms with E-state index in [4.69, 9.17) is 14.2 Å². The van der Waals surface area contributed by atoms with Crippen molar-refractivity contribution in [3.63, 3.8) is 0 Å². The van der Waals surface area contributed by atoms with Crippen molar-refractivity contribution in [3.8, 4) is 0 Å². The summed E-state index contributed by atoms with van der Waals surface area (Å²) in [7, 11) is -0.736. The number of para-hydroxylation sites is 1. The summed E-state index contributed by atoms with van der Waals surface area (Å²) in [5, 5.41) is 0. The first-order valence-corrected chi connectivity index (χ1v) is 13.5. The molecule has 1 amide bonds. The Labute approximate surface area is 209 Å². The van der Waals surface area contributed by atoms with Crippen LogP contribution in [0.4, 0.5) is 0 Å². The van der Waals surface area contributed by atoms with Crippen LogP contribution in [0.5, 0.6) is 0 Å². The third-order valence-electron chi connectivity index (χ3n) is 5.28. The molecule has 0 saturated heterocycles. The van der Waals surface area contributed by atoms with Gasteiger partial charge in [0.2, 0.25) is 10.0 Å². The first-order chi connectivity index (χ1) is 16.9. The zero-order valence-electron chi connectivity index (χ0n) is 20.2. The summed E-state index contributed by atoms with van der Waals surface area (Å²) in [6.45, 7) is 4.54. The highest BCUT2D eigenvalue weighted by Gasteiger charge is 2.24. The number of carbonyl (C=O) groups is 1. The fraction of sp³-hybridized carbons (Fsp3) is 0.417. The Morgan fingerprint density at radius 3 is 2.29 bits per heavy atom.